The maximum Gasteiger partial charge on any atom is 0.177 e. The molecule has 22 heavy (non-hydrogen) atoms. The molecule has 0 bridgehead atoms. The molecule has 0 radical (unpaired) electrons. The Balaban J connectivity index is 1.48. The van der Waals surface area contributed by atoms with Crippen LogP contribution >= 0.6 is 11.3 Å². The van der Waals surface area contributed by atoms with Gasteiger partial charge in [-0.3, -0.25) is 4.90 Å². The third-order valence-electron chi connectivity index (χ3n) is 4.02. The molecule has 7 nitrogen and oxygen atoms in total. The fourth-order valence-corrected chi connectivity index (χ4v) is 3.48. The van der Waals surface area contributed by atoms with Gasteiger partial charge < -0.3 is 4.90 Å². The Morgan fingerprint density at radius 1 is 1.32 bits per heavy atom. The number of anilines is 1. The topological polar surface area (TPSA) is 62.5 Å². The van der Waals surface area contributed by atoms with Crippen LogP contribution in [0.5, 0.6) is 0 Å². The van der Waals surface area contributed by atoms with Crippen molar-refractivity contribution >= 4 is 22.8 Å². The van der Waals surface area contributed by atoms with E-state index in [9.17, 15) is 0 Å². The van der Waals surface area contributed by atoms with Crippen molar-refractivity contribution in [2.45, 2.75) is 19.5 Å². The lowest BCUT2D eigenvalue weighted by Crippen LogP contribution is -2.52. The summed E-state index contributed by atoms with van der Waals surface area (Å²) < 4.78 is 1.73. The van der Waals surface area contributed by atoms with Crippen molar-refractivity contribution in [1.82, 2.24) is 29.7 Å². The molecular weight excluding hydrogens is 298 g/mol. The Morgan fingerprint density at radius 2 is 2.27 bits per heavy atom. The Hall–Kier alpha value is -2.06. The predicted molar refractivity (Wildman–Crippen MR) is 85.0 cm³/mol. The van der Waals surface area contributed by atoms with Gasteiger partial charge >= 0.3 is 0 Å². The molecule has 1 fully saturated rings. The van der Waals surface area contributed by atoms with Crippen LogP contribution in [-0.2, 0) is 6.54 Å². The molecule has 4 rings (SSSR count). The summed E-state index contributed by atoms with van der Waals surface area (Å²) in [5.74, 6) is 0.980. The van der Waals surface area contributed by atoms with E-state index in [-0.39, 0.29) is 0 Å². The van der Waals surface area contributed by atoms with Gasteiger partial charge in [-0.1, -0.05) is 0 Å². The second-order valence-electron chi connectivity index (χ2n) is 5.58. The number of fused-ring (bicyclic) bond motifs is 1. The second kappa shape index (κ2) is 5.62. The number of rotatable bonds is 3. The first-order valence-corrected chi connectivity index (χ1v) is 8.27. The van der Waals surface area contributed by atoms with E-state index in [1.165, 1.54) is 0 Å². The van der Waals surface area contributed by atoms with Crippen LogP contribution in [0.2, 0.25) is 0 Å². The van der Waals surface area contributed by atoms with Crippen LogP contribution in [0, 0.1) is 0 Å². The third-order valence-corrected chi connectivity index (χ3v) is 4.66. The minimum atomic E-state index is 0.411. The van der Waals surface area contributed by atoms with E-state index in [0.717, 1.165) is 43.3 Å². The Bertz CT molecular complexity index is 753. The zero-order valence-electron chi connectivity index (χ0n) is 12.3. The number of nitrogens with zero attached hydrogens (tertiary/aromatic N) is 7. The standard InChI is InChI=1S/C14H17N7S/c1-11-6-19(7-12-8-22-10-15-12)4-5-20(11)14-3-2-13-17-16-9-21(13)18-14/h2-3,8-11H,4-7H2,1H3/t11-/m1/s1. The highest BCUT2D eigenvalue weighted by molar-refractivity contribution is 7.07. The van der Waals surface area contributed by atoms with Gasteiger partial charge in [0.05, 0.1) is 11.2 Å². The number of hydrogen-bond donors (Lipinski definition) is 0. The van der Waals surface area contributed by atoms with Gasteiger partial charge in [-0.15, -0.1) is 26.6 Å². The maximum absolute atomic E-state index is 4.60. The normalized spacial score (nSPS) is 19.9. The number of aromatic nitrogens is 5. The minimum Gasteiger partial charge on any atom is -0.350 e. The van der Waals surface area contributed by atoms with Crippen LogP contribution in [0.15, 0.2) is 29.4 Å². The quantitative estimate of drug-likeness (QED) is 0.726. The molecule has 3 aromatic heterocycles. The average Bonchev–Trinajstić information content (AvgIpc) is 3.17. The van der Waals surface area contributed by atoms with E-state index in [2.05, 4.69) is 42.4 Å². The van der Waals surface area contributed by atoms with Crippen molar-refractivity contribution in [3.05, 3.63) is 35.0 Å². The molecule has 0 saturated carbocycles. The number of piperazine rings is 1. The molecule has 0 aromatic carbocycles. The van der Waals surface area contributed by atoms with E-state index in [4.69, 9.17) is 0 Å². The highest BCUT2D eigenvalue weighted by Gasteiger charge is 2.25. The van der Waals surface area contributed by atoms with E-state index >= 15 is 0 Å². The average molecular weight is 315 g/mol. The first-order valence-electron chi connectivity index (χ1n) is 7.33. The molecule has 0 aliphatic carbocycles. The molecule has 3 aromatic rings. The SMILES string of the molecule is C[C@@H]1CN(Cc2cscn2)CCN1c1ccc2nncn2n1. The van der Waals surface area contributed by atoms with Crippen LogP contribution in [0.1, 0.15) is 12.6 Å². The van der Waals surface area contributed by atoms with Crippen LogP contribution in [0.25, 0.3) is 5.65 Å². The lowest BCUT2D eigenvalue weighted by molar-refractivity contribution is 0.218. The highest BCUT2D eigenvalue weighted by atomic mass is 32.1. The fourth-order valence-electron chi connectivity index (χ4n) is 2.93. The highest BCUT2D eigenvalue weighted by Crippen LogP contribution is 2.19. The van der Waals surface area contributed by atoms with Crippen molar-refractivity contribution in [2.24, 2.45) is 0 Å². The van der Waals surface area contributed by atoms with Crippen LogP contribution < -0.4 is 4.90 Å². The van der Waals surface area contributed by atoms with Crippen molar-refractivity contribution in [1.29, 1.82) is 0 Å². The van der Waals surface area contributed by atoms with Gasteiger partial charge in [0.25, 0.3) is 0 Å². The van der Waals surface area contributed by atoms with Gasteiger partial charge in [-0.25, -0.2) is 4.98 Å². The molecule has 8 heteroatoms. The smallest absolute Gasteiger partial charge is 0.177 e. The molecular formula is C14H17N7S. The maximum atomic E-state index is 4.60. The van der Waals surface area contributed by atoms with Gasteiger partial charge in [0.1, 0.15) is 12.1 Å². The number of hydrogen-bond acceptors (Lipinski definition) is 7. The van der Waals surface area contributed by atoms with Crippen LogP contribution in [0.3, 0.4) is 0 Å². The summed E-state index contributed by atoms with van der Waals surface area (Å²) in [5.41, 5.74) is 3.83. The molecule has 0 amide bonds. The minimum absolute atomic E-state index is 0.411. The Labute approximate surface area is 132 Å². The van der Waals surface area contributed by atoms with Gasteiger partial charge in [0.15, 0.2) is 5.65 Å². The molecule has 0 N–H and O–H groups in total. The summed E-state index contributed by atoms with van der Waals surface area (Å²) in [6.45, 7) is 6.17. The largest absolute Gasteiger partial charge is 0.350 e. The monoisotopic (exact) mass is 315 g/mol. The summed E-state index contributed by atoms with van der Waals surface area (Å²) in [5, 5.41) is 14.6. The zero-order chi connectivity index (χ0) is 14.9. The predicted octanol–water partition coefficient (Wildman–Crippen LogP) is 1.29. The fraction of sp³-hybridized carbons (Fsp3) is 0.429. The van der Waals surface area contributed by atoms with E-state index < -0.39 is 0 Å². The lowest BCUT2D eigenvalue weighted by atomic mass is 10.2. The molecule has 1 atom stereocenters. The van der Waals surface area contributed by atoms with Crippen molar-refractivity contribution in [3.63, 3.8) is 0 Å². The first kappa shape index (κ1) is 13.6. The van der Waals surface area contributed by atoms with E-state index in [1.54, 1.807) is 22.2 Å². The molecule has 114 valence electrons. The molecule has 0 spiro atoms. The third kappa shape index (κ3) is 2.55. The van der Waals surface area contributed by atoms with Gasteiger partial charge in [0, 0.05) is 37.6 Å². The molecule has 4 heterocycles. The van der Waals surface area contributed by atoms with Crippen molar-refractivity contribution in [3.8, 4) is 0 Å². The van der Waals surface area contributed by atoms with E-state index in [1.807, 2.05) is 17.6 Å². The number of thiazole rings is 1. The van der Waals surface area contributed by atoms with Gasteiger partial charge in [-0.2, -0.15) is 4.52 Å². The van der Waals surface area contributed by atoms with Crippen molar-refractivity contribution < 1.29 is 0 Å². The Morgan fingerprint density at radius 3 is 3.09 bits per heavy atom. The van der Waals surface area contributed by atoms with Gasteiger partial charge in [-0.05, 0) is 19.1 Å². The van der Waals surface area contributed by atoms with Crippen LogP contribution in [-0.4, -0.2) is 55.4 Å². The zero-order valence-corrected chi connectivity index (χ0v) is 13.1. The first-order chi connectivity index (χ1) is 10.8. The summed E-state index contributed by atoms with van der Waals surface area (Å²) in [6, 6.07) is 4.40. The summed E-state index contributed by atoms with van der Waals surface area (Å²) in [7, 11) is 0. The lowest BCUT2D eigenvalue weighted by Gasteiger charge is -2.40. The molecule has 0 unspecified atom stereocenters. The second-order valence-corrected chi connectivity index (χ2v) is 6.30. The summed E-state index contributed by atoms with van der Waals surface area (Å²) in [4.78, 5) is 9.17. The van der Waals surface area contributed by atoms with Crippen LogP contribution in [0.4, 0.5) is 5.82 Å². The summed E-state index contributed by atoms with van der Waals surface area (Å²) in [6.07, 6.45) is 1.64. The molecule has 1 aliphatic heterocycles. The van der Waals surface area contributed by atoms with Gasteiger partial charge in [0.2, 0.25) is 0 Å². The molecule has 1 aliphatic rings. The molecule has 1 saturated heterocycles. The van der Waals surface area contributed by atoms with Crippen molar-refractivity contribution in [2.75, 3.05) is 24.5 Å². The Kier molecular flexibility index (Phi) is 3.47. The van der Waals surface area contributed by atoms with E-state index in [0.29, 0.717) is 6.04 Å². The summed E-state index contributed by atoms with van der Waals surface area (Å²) >= 11 is 1.66.